The largest absolute Gasteiger partial charge is 0.492 e. The van der Waals surface area contributed by atoms with Gasteiger partial charge in [0, 0.05) is 16.1 Å². The van der Waals surface area contributed by atoms with Crippen molar-refractivity contribution < 1.29 is 13.2 Å². The Labute approximate surface area is 123 Å². The summed E-state index contributed by atoms with van der Waals surface area (Å²) in [6.07, 6.45) is 0. The molecule has 4 nitrogen and oxygen atoms in total. The number of hydrogen-bond acceptors (Lipinski definition) is 4. The van der Waals surface area contributed by atoms with Gasteiger partial charge >= 0.3 is 0 Å². The van der Waals surface area contributed by atoms with Crippen molar-refractivity contribution in [2.24, 2.45) is 5.73 Å². The molecule has 0 radical (unpaired) electrons. The van der Waals surface area contributed by atoms with Gasteiger partial charge in [0.05, 0.1) is 11.0 Å². The molecule has 108 valence electrons. The molecule has 0 spiro atoms. The minimum Gasteiger partial charge on any atom is -0.492 e. The summed E-state index contributed by atoms with van der Waals surface area (Å²) in [6, 6.07) is 5.41. The number of halogens is 1. The highest BCUT2D eigenvalue weighted by atomic mass is 79.9. The third kappa shape index (κ3) is 4.78. The van der Waals surface area contributed by atoms with Crippen molar-refractivity contribution in [2.75, 3.05) is 12.4 Å². The molecule has 0 bridgehead atoms. The molecule has 1 aromatic carbocycles. The lowest BCUT2D eigenvalue weighted by atomic mass is 10.1. The van der Waals surface area contributed by atoms with Gasteiger partial charge in [-0.25, -0.2) is 8.42 Å². The number of ether oxygens (including phenoxy) is 1. The first kappa shape index (κ1) is 16.5. The monoisotopic (exact) mass is 349 g/mol. The van der Waals surface area contributed by atoms with E-state index in [0.717, 1.165) is 10.0 Å². The maximum atomic E-state index is 11.7. The number of hydrogen-bond donors (Lipinski definition) is 1. The molecule has 2 N–H and O–H groups in total. The molecule has 1 rings (SSSR count). The lowest BCUT2D eigenvalue weighted by Crippen LogP contribution is -2.22. The average molecular weight is 350 g/mol. The summed E-state index contributed by atoms with van der Waals surface area (Å²) in [4.78, 5) is 0. The van der Waals surface area contributed by atoms with E-state index in [2.05, 4.69) is 15.9 Å². The third-order valence-corrected chi connectivity index (χ3v) is 5.48. The Kier molecular flexibility index (Phi) is 5.82. The van der Waals surface area contributed by atoms with Crippen molar-refractivity contribution in [2.45, 2.75) is 32.1 Å². The van der Waals surface area contributed by atoms with Crippen LogP contribution < -0.4 is 10.5 Å². The van der Waals surface area contributed by atoms with Gasteiger partial charge < -0.3 is 10.5 Å². The molecule has 0 saturated carbocycles. The van der Waals surface area contributed by atoms with Crippen LogP contribution in [-0.2, 0) is 9.84 Å². The van der Waals surface area contributed by atoms with Crippen molar-refractivity contribution in [1.29, 1.82) is 0 Å². The summed E-state index contributed by atoms with van der Waals surface area (Å²) in [5, 5.41) is -0.383. The van der Waals surface area contributed by atoms with Gasteiger partial charge in [-0.3, -0.25) is 0 Å². The van der Waals surface area contributed by atoms with E-state index < -0.39 is 9.84 Å². The van der Waals surface area contributed by atoms with E-state index >= 15 is 0 Å². The Bertz CT molecular complexity index is 527. The van der Waals surface area contributed by atoms with E-state index in [4.69, 9.17) is 10.5 Å². The zero-order chi connectivity index (χ0) is 14.6. The minimum absolute atomic E-state index is 0.00950. The zero-order valence-electron chi connectivity index (χ0n) is 11.4. The summed E-state index contributed by atoms with van der Waals surface area (Å²) in [6.45, 7) is 5.33. The fourth-order valence-electron chi connectivity index (χ4n) is 1.51. The predicted octanol–water partition coefficient (Wildman–Crippen LogP) is 2.67. The first-order chi connectivity index (χ1) is 8.74. The zero-order valence-corrected chi connectivity index (χ0v) is 13.8. The molecular weight excluding hydrogens is 330 g/mol. The minimum atomic E-state index is -3.08. The Balaban J connectivity index is 2.75. The van der Waals surface area contributed by atoms with Gasteiger partial charge in [-0.1, -0.05) is 22.0 Å². The summed E-state index contributed by atoms with van der Waals surface area (Å²) >= 11 is 3.36. The van der Waals surface area contributed by atoms with E-state index in [1.165, 1.54) is 0 Å². The van der Waals surface area contributed by atoms with Crippen LogP contribution in [-0.4, -0.2) is 26.0 Å². The van der Waals surface area contributed by atoms with E-state index in [0.29, 0.717) is 5.75 Å². The van der Waals surface area contributed by atoms with E-state index in [-0.39, 0.29) is 23.7 Å². The standard InChI is InChI=1S/C13H20BrNO3S/c1-9(2)19(16,17)7-6-18-13-8-11(14)4-5-12(13)10(3)15/h4-5,8-10H,6-7,15H2,1-3H3/t10-/m0/s1. The normalized spacial score (nSPS) is 13.6. The average Bonchev–Trinajstić information content (AvgIpc) is 2.28. The Morgan fingerprint density at radius 3 is 2.47 bits per heavy atom. The summed E-state index contributed by atoms with van der Waals surface area (Å²) in [7, 11) is -3.08. The molecule has 0 aromatic heterocycles. The van der Waals surface area contributed by atoms with Crippen molar-refractivity contribution in [1.82, 2.24) is 0 Å². The van der Waals surface area contributed by atoms with Gasteiger partial charge in [0.25, 0.3) is 0 Å². The molecule has 0 aliphatic rings. The van der Waals surface area contributed by atoms with E-state index in [9.17, 15) is 8.42 Å². The van der Waals surface area contributed by atoms with Crippen LogP contribution in [0.1, 0.15) is 32.4 Å². The van der Waals surface area contributed by atoms with Crippen LogP contribution in [0.3, 0.4) is 0 Å². The smallest absolute Gasteiger partial charge is 0.155 e. The summed E-state index contributed by atoms with van der Waals surface area (Å²) in [5.41, 5.74) is 6.72. The Morgan fingerprint density at radius 2 is 1.95 bits per heavy atom. The van der Waals surface area contributed by atoms with E-state index in [1.807, 2.05) is 19.1 Å². The second kappa shape index (κ2) is 6.72. The number of nitrogens with two attached hydrogens (primary N) is 1. The van der Waals surface area contributed by atoms with Gasteiger partial charge in [-0.15, -0.1) is 0 Å². The molecule has 19 heavy (non-hydrogen) atoms. The van der Waals surface area contributed by atoms with Crippen molar-refractivity contribution in [3.8, 4) is 5.75 Å². The molecule has 0 aliphatic carbocycles. The fourth-order valence-corrected chi connectivity index (χ4v) is 2.64. The Hall–Kier alpha value is -0.590. The van der Waals surface area contributed by atoms with Crippen LogP contribution in [0.5, 0.6) is 5.75 Å². The van der Waals surface area contributed by atoms with Gasteiger partial charge in [0.15, 0.2) is 9.84 Å². The maximum Gasteiger partial charge on any atom is 0.155 e. The molecular formula is C13H20BrNO3S. The number of rotatable bonds is 6. The first-order valence-corrected chi connectivity index (χ1v) is 8.64. The molecule has 1 aromatic rings. The molecule has 0 heterocycles. The summed E-state index contributed by atoms with van der Waals surface area (Å²) < 4.78 is 29.8. The topological polar surface area (TPSA) is 69.4 Å². The highest BCUT2D eigenvalue weighted by Crippen LogP contribution is 2.27. The fraction of sp³-hybridized carbons (Fsp3) is 0.538. The SMILES string of the molecule is CC(C)S(=O)(=O)CCOc1cc(Br)ccc1[C@H](C)N. The molecule has 1 atom stereocenters. The molecule has 6 heteroatoms. The van der Waals surface area contributed by atoms with Crippen molar-refractivity contribution in [3.63, 3.8) is 0 Å². The van der Waals surface area contributed by atoms with E-state index in [1.54, 1.807) is 19.9 Å². The van der Waals surface area contributed by atoms with Crippen LogP contribution >= 0.6 is 15.9 Å². The van der Waals surface area contributed by atoms with Gasteiger partial charge in [-0.2, -0.15) is 0 Å². The lowest BCUT2D eigenvalue weighted by molar-refractivity contribution is 0.335. The highest BCUT2D eigenvalue weighted by Gasteiger charge is 2.16. The van der Waals surface area contributed by atoms with Crippen LogP contribution in [0, 0.1) is 0 Å². The second-order valence-electron chi connectivity index (χ2n) is 4.74. The maximum absolute atomic E-state index is 11.7. The second-order valence-corrected chi connectivity index (χ2v) is 8.33. The van der Waals surface area contributed by atoms with Crippen LogP contribution in [0.25, 0.3) is 0 Å². The molecule has 0 amide bonds. The summed E-state index contributed by atoms with van der Waals surface area (Å²) in [5.74, 6) is 0.638. The number of benzene rings is 1. The molecule has 0 saturated heterocycles. The molecule has 0 aliphatic heterocycles. The van der Waals surface area contributed by atoms with Gasteiger partial charge in [-0.05, 0) is 32.9 Å². The quantitative estimate of drug-likeness (QED) is 0.856. The molecule has 0 fully saturated rings. The van der Waals surface area contributed by atoms with Crippen molar-refractivity contribution in [3.05, 3.63) is 28.2 Å². The Morgan fingerprint density at radius 1 is 1.32 bits per heavy atom. The van der Waals surface area contributed by atoms with Gasteiger partial charge in [0.2, 0.25) is 0 Å². The highest BCUT2D eigenvalue weighted by molar-refractivity contribution is 9.10. The van der Waals surface area contributed by atoms with Gasteiger partial charge in [0.1, 0.15) is 12.4 Å². The first-order valence-electron chi connectivity index (χ1n) is 6.13. The van der Waals surface area contributed by atoms with Crippen molar-refractivity contribution >= 4 is 25.8 Å². The van der Waals surface area contributed by atoms with Crippen LogP contribution in [0.2, 0.25) is 0 Å². The lowest BCUT2D eigenvalue weighted by Gasteiger charge is -2.15. The van der Waals surface area contributed by atoms with Crippen LogP contribution in [0.15, 0.2) is 22.7 Å². The third-order valence-electron chi connectivity index (χ3n) is 2.81. The number of sulfone groups is 1. The predicted molar refractivity (Wildman–Crippen MR) is 81.2 cm³/mol. The van der Waals surface area contributed by atoms with Crippen LogP contribution in [0.4, 0.5) is 0 Å². The molecule has 0 unspecified atom stereocenters.